The molecule has 1 heterocycles. The molecule has 7 heteroatoms. The van der Waals surface area contributed by atoms with Crippen LogP contribution in [0.3, 0.4) is 0 Å². The van der Waals surface area contributed by atoms with E-state index in [4.69, 9.17) is 0 Å². The van der Waals surface area contributed by atoms with Crippen LogP contribution in [0.1, 0.15) is 25.0 Å². The highest BCUT2D eigenvalue weighted by molar-refractivity contribution is 7.99. The van der Waals surface area contributed by atoms with Crippen LogP contribution in [0.2, 0.25) is 0 Å². The number of amides is 1. The van der Waals surface area contributed by atoms with Crippen molar-refractivity contribution in [3.8, 4) is 11.8 Å². The number of aromatic nitrogens is 2. The van der Waals surface area contributed by atoms with Crippen LogP contribution in [0, 0.1) is 25.2 Å². The maximum Gasteiger partial charge on any atom is 0.266 e. The fraction of sp³-hybridized carbons (Fsp3) is 0.304. The smallest absolute Gasteiger partial charge is 0.266 e. The van der Waals surface area contributed by atoms with E-state index in [9.17, 15) is 14.9 Å². The van der Waals surface area contributed by atoms with Crippen molar-refractivity contribution in [3.63, 3.8) is 0 Å². The number of carbonyl (C=O) groups excluding carboxylic acids is 1. The molecule has 0 aliphatic carbocycles. The van der Waals surface area contributed by atoms with E-state index in [0.29, 0.717) is 16.1 Å². The van der Waals surface area contributed by atoms with Crippen molar-refractivity contribution in [2.75, 3.05) is 12.8 Å². The summed E-state index contributed by atoms with van der Waals surface area (Å²) >= 11 is 1.20. The molecule has 3 aromatic rings. The monoisotopic (exact) mass is 420 g/mol. The van der Waals surface area contributed by atoms with E-state index in [1.54, 1.807) is 37.6 Å². The van der Waals surface area contributed by atoms with Crippen molar-refractivity contribution in [1.29, 1.82) is 5.26 Å². The molecule has 0 atom stereocenters. The Morgan fingerprint density at radius 2 is 1.93 bits per heavy atom. The lowest BCUT2D eigenvalue weighted by molar-refractivity contribution is -0.130. The third kappa shape index (κ3) is 4.10. The zero-order valence-corrected chi connectivity index (χ0v) is 18.6. The summed E-state index contributed by atoms with van der Waals surface area (Å²) in [7, 11) is 1.61. The molecular weight excluding hydrogens is 396 g/mol. The Balaban J connectivity index is 2.09. The lowest BCUT2D eigenvalue weighted by Gasteiger charge is -2.29. The largest absolute Gasteiger partial charge is 0.327 e. The van der Waals surface area contributed by atoms with Crippen molar-refractivity contribution in [2.45, 2.75) is 38.4 Å². The van der Waals surface area contributed by atoms with Gasteiger partial charge in [-0.2, -0.15) is 5.26 Å². The van der Waals surface area contributed by atoms with E-state index in [1.165, 1.54) is 16.7 Å². The lowest BCUT2D eigenvalue weighted by atomic mass is 10.1. The van der Waals surface area contributed by atoms with Gasteiger partial charge in [0.15, 0.2) is 5.16 Å². The predicted octanol–water partition coefficient (Wildman–Crippen LogP) is 3.86. The maximum atomic E-state index is 13.3. The Bertz CT molecular complexity index is 1220. The van der Waals surface area contributed by atoms with Gasteiger partial charge in [-0.15, -0.1) is 0 Å². The summed E-state index contributed by atoms with van der Waals surface area (Å²) in [6, 6.07) is 15.2. The molecule has 3 rings (SSSR count). The number of fused-ring (bicyclic) bond motifs is 1. The van der Waals surface area contributed by atoms with Gasteiger partial charge in [-0.3, -0.25) is 14.2 Å². The van der Waals surface area contributed by atoms with Crippen LogP contribution in [0.25, 0.3) is 16.6 Å². The Morgan fingerprint density at radius 1 is 1.23 bits per heavy atom. The molecule has 0 aliphatic rings. The van der Waals surface area contributed by atoms with Crippen molar-refractivity contribution in [3.05, 3.63) is 63.9 Å². The Labute approximate surface area is 180 Å². The number of benzene rings is 2. The zero-order chi connectivity index (χ0) is 22.1. The molecule has 30 heavy (non-hydrogen) atoms. The van der Waals surface area contributed by atoms with Crippen molar-refractivity contribution in [1.82, 2.24) is 14.5 Å². The number of thioether (sulfide) groups is 1. The van der Waals surface area contributed by atoms with Crippen LogP contribution in [-0.2, 0) is 4.79 Å². The summed E-state index contributed by atoms with van der Waals surface area (Å²) in [5.74, 6) is -0.141. The van der Waals surface area contributed by atoms with Crippen LogP contribution in [0.15, 0.2) is 52.4 Å². The second-order valence-electron chi connectivity index (χ2n) is 7.75. The van der Waals surface area contributed by atoms with Crippen LogP contribution in [0.5, 0.6) is 0 Å². The minimum absolute atomic E-state index is 0.0668. The van der Waals surface area contributed by atoms with E-state index in [-0.39, 0.29) is 17.2 Å². The van der Waals surface area contributed by atoms with Crippen LogP contribution < -0.4 is 5.56 Å². The van der Waals surface area contributed by atoms with E-state index in [0.717, 1.165) is 16.8 Å². The van der Waals surface area contributed by atoms with Crippen molar-refractivity contribution >= 4 is 28.6 Å². The first-order valence-electron chi connectivity index (χ1n) is 9.56. The van der Waals surface area contributed by atoms with Gasteiger partial charge in [0, 0.05) is 7.05 Å². The van der Waals surface area contributed by atoms with Crippen LogP contribution in [-0.4, -0.2) is 38.7 Å². The van der Waals surface area contributed by atoms with E-state index < -0.39 is 5.54 Å². The summed E-state index contributed by atoms with van der Waals surface area (Å²) in [6.45, 7) is 7.33. The van der Waals surface area contributed by atoms with E-state index in [2.05, 4.69) is 11.1 Å². The molecule has 0 unspecified atom stereocenters. The second kappa shape index (κ2) is 8.33. The van der Waals surface area contributed by atoms with Gasteiger partial charge in [0.25, 0.3) is 5.56 Å². The number of nitriles is 1. The Morgan fingerprint density at radius 3 is 2.60 bits per heavy atom. The summed E-state index contributed by atoms with van der Waals surface area (Å²) in [4.78, 5) is 32.1. The topological polar surface area (TPSA) is 79.0 Å². The highest BCUT2D eigenvalue weighted by atomic mass is 32.2. The maximum absolute atomic E-state index is 13.3. The SMILES string of the molecule is Cc1ccc(-n2c(SCC(=O)N(C)C(C)(C)C#N)nc3ccccc3c2=O)c(C)c1. The third-order valence-corrected chi connectivity index (χ3v) is 6.07. The number of aryl methyl sites for hydroxylation is 2. The van der Waals surface area contributed by atoms with Gasteiger partial charge < -0.3 is 4.90 Å². The van der Waals surface area contributed by atoms with Crippen molar-refractivity contribution in [2.24, 2.45) is 0 Å². The first-order chi connectivity index (χ1) is 14.2. The molecule has 0 aliphatic heterocycles. The molecule has 0 radical (unpaired) electrons. The first-order valence-corrected chi connectivity index (χ1v) is 10.5. The van der Waals surface area contributed by atoms with Gasteiger partial charge in [-0.1, -0.05) is 41.6 Å². The van der Waals surface area contributed by atoms with E-state index >= 15 is 0 Å². The third-order valence-electron chi connectivity index (χ3n) is 5.15. The molecule has 0 N–H and O–H groups in total. The number of hydrogen-bond donors (Lipinski definition) is 0. The molecule has 1 aromatic heterocycles. The standard InChI is InChI=1S/C23H24N4O2S/c1-15-10-11-19(16(2)12-15)27-21(29)17-8-6-7-9-18(17)25-22(27)30-13-20(28)26(5)23(3,4)14-24/h6-12H,13H2,1-5H3. The molecule has 1 amide bonds. The van der Waals surface area contributed by atoms with Gasteiger partial charge in [-0.05, 0) is 51.5 Å². The van der Waals surface area contributed by atoms with Gasteiger partial charge >= 0.3 is 0 Å². The normalized spacial score (nSPS) is 11.3. The van der Waals surface area contributed by atoms with Gasteiger partial charge in [-0.25, -0.2) is 4.98 Å². The fourth-order valence-electron chi connectivity index (χ4n) is 3.09. The molecule has 154 valence electrons. The van der Waals surface area contributed by atoms with Crippen molar-refractivity contribution < 1.29 is 4.79 Å². The quantitative estimate of drug-likeness (QED) is 0.463. The highest BCUT2D eigenvalue weighted by Gasteiger charge is 2.27. The molecule has 0 bridgehead atoms. The Kier molecular flexibility index (Phi) is 5.99. The number of rotatable bonds is 5. The number of carbonyl (C=O) groups is 1. The fourth-order valence-corrected chi connectivity index (χ4v) is 4.01. The lowest BCUT2D eigenvalue weighted by Crippen LogP contribution is -2.44. The first kappa shape index (κ1) is 21.6. The average molecular weight is 421 g/mol. The molecule has 0 spiro atoms. The molecule has 2 aromatic carbocycles. The van der Waals surface area contributed by atoms with Crippen LogP contribution in [0.4, 0.5) is 0 Å². The molecule has 6 nitrogen and oxygen atoms in total. The highest BCUT2D eigenvalue weighted by Crippen LogP contribution is 2.24. The average Bonchev–Trinajstić information content (AvgIpc) is 2.72. The molecule has 0 fully saturated rings. The number of nitrogens with zero attached hydrogens (tertiary/aromatic N) is 4. The van der Waals surface area contributed by atoms with Gasteiger partial charge in [0.1, 0.15) is 5.54 Å². The van der Waals surface area contributed by atoms with Gasteiger partial charge in [0.2, 0.25) is 5.91 Å². The second-order valence-corrected chi connectivity index (χ2v) is 8.70. The molecule has 0 saturated carbocycles. The Hall–Kier alpha value is -3.11. The zero-order valence-electron chi connectivity index (χ0n) is 17.8. The minimum Gasteiger partial charge on any atom is -0.327 e. The minimum atomic E-state index is -0.915. The summed E-state index contributed by atoms with van der Waals surface area (Å²) < 4.78 is 1.57. The molecular formula is C23H24N4O2S. The predicted molar refractivity (Wildman–Crippen MR) is 120 cm³/mol. The summed E-state index contributed by atoms with van der Waals surface area (Å²) in [6.07, 6.45) is 0. The summed E-state index contributed by atoms with van der Waals surface area (Å²) in [5.41, 5.74) is 2.29. The number of para-hydroxylation sites is 1. The summed E-state index contributed by atoms with van der Waals surface area (Å²) in [5, 5.41) is 10.3. The van der Waals surface area contributed by atoms with Crippen LogP contribution >= 0.6 is 11.8 Å². The van der Waals surface area contributed by atoms with E-state index in [1.807, 2.05) is 44.2 Å². The molecule has 0 saturated heterocycles. The number of hydrogen-bond acceptors (Lipinski definition) is 5. The van der Waals surface area contributed by atoms with Gasteiger partial charge in [0.05, 0.1) is 28.4 Å².